The third-order valence-electron chi connectivity index (χ3n) is 10.7. The molecule has 1 aliphatic heterocycles. The van der Waals surface area contributed by atoms with E-state index in [2.05, 4.69) is 161 Å². The predicted octanol–water partition coefficient (Wildman–Crippen LogP) is 11.9. The van der Waals surface area contributed by atoms with Gasteiger partial charge in [-0.15, -0.1) is 0 Å². The van der Waals surface area contributed by atoms with Gasteiger partial charge in [0, 0.05) is 16.5 Å². The lowest BCUT2D eigenvalue weighted by molar-refractivity contribution is 0.627. The van der Waals surface area contributed by atoms with Crippen molar-refractivity contribution in [1.29, 1.82) is 0 Å². The van der Waals surface area contributed by atoms with Gasteiger partial charge in [0.15, 0.2) is 0 Å². The fraction of sp³-hybridized carbons (Fsp3) is 0.163. The number of anilines is 3. The highest BCUT2D eigenvalue weighted by Crippen LogP contribution is 2.57. The van der Waals surface area contributed by atoms with E-state index >= 15 is 0 Å². The zero-order valence-corrected chi connectivity index (χ0v) is 26.0. The molecule has 1 heteroatoms. The summed E-state index contributed by atoms with van der Waals surface area (Å²) in [7, 11) is 0. The first-order valence-electron chi connectivity index (χ1n) is 15.8. The third-order valence-corrected chi connectivity index (χ3v) is 10.7. The Labute approximate surface area is 259 Å². The van der Waals surface area contributed by atoms with E-state index in [4.69, 9.17) is 0 Å². The van der Waals surface area contributed by atoms with Crippen molar-refractivity contribution >= 4 is 49.4 Å². The van der Waals surface area contributed by atoms with Crippen molar-refractivity contribution in [1.82, 2.24) is 0 Å². The molecule has 212 valence electrons. The Bertz CT molecular complexity index is 2330. The summed E-state index contributed by atoms with van der Waals surface area (Å²) in [5, 5.41) is 7.86. The number of fused-ring (bicyclic) bond motifs is 11. The molecule has 0 saturated heterocycles. The Balaban J connectivity index is 1.36. The van der Waals surface area contributed by atoms with Crippen molar-refractivity contribution in [2.45, 2.75) is 45.4 Å². The van der Waals surface area contributed by atoms with Crippen LogP contribution < -0.4 is 4.90 Å². The first-order valence-corrected chi connectivity index (χ1v) is 15.8. The predicted molar refractivity (Wildman–Crippen MR) is 188 cm³/mol. The van der Waals surface area contributed by atoms with Gasteiger partial charge in [-0.2, -0.15) is 0 Å². The van der Waals surface area contributed by atoms with Gasteiger partial charge in [-0.05, 0) is 103 Å². The molecule has 0 aromatic heterocycles. The lowest BCUT2D eigenvalue weighted by Gasteiger charge is -2.43. The Kier molecular flexibility index (Phi) is 5.01. The molecule has 2 aliphatic rings. The molecule has 0 atom stereocenters. The van der Waals surface area contributed by atoms with Crippen molar-refractivity contribution in [2.24, 2.45) is 0 Å². The molecule has 0 radical (unpaired) electrons. The van der Waals surface area contributed by atoms with E-state index in [0.29, 0.717) is 0 Å². The summed E-state index contributed by atoms with van der Waals surface area (Å²) in [4.78, 5) is 2.53. The average molecular weight is 566 g/mol. The fourth-order valence-electron chi connectivity index (χ4n) is 8.37. The summed E-state index contributed by atoms with van der Waals surface area (Å²) >= 11 is 0. The first-order chi connectivity index (χ1) is 21.2. The largest absolute Gasteiger partial charge is 0.310 e. The van der Waals surface area contributed by atoms with Crippen molar-refractivity contribution < 1.29 is 0 Å². The summed E-state index contributed by atoms with van der Waals surface area (Å²) in [6.45, 7) is 11.7. The van der Waals surface area contributed by atoms with Crippen LogP contribution in [0.2, 0.25) is 0 Å². The number of para-hydroxylation sites is 1. The highest BCUT2D eigenvalue weighted by Gasteiger charge is 2.42. The molecule has 0 saturated carbocycles. The maximum absolute atomic E-state index is 2.53. The van der Waals surface area contributed by atoms with Gasteiger partial charge in [0.25, 0.3) is 0 Å². The number of hydrogen-bond acceptors (Lipinski definition) is 1. The van der Waals surface area contributed by atoms with Crippen LogP contribution in [0.5, 0.6) is 0 Å². The lowest BCUT2D eigenvalue weighted by Crippen LogP contribution is -2.31. The summed E-state index contributed by atoms with van der Waals surface area (Å²) in [6, 6.07) is 45.9. The molecule has 1 nitrogen and oxygen atoms in total. The quantitative estimate of drug-likeness (QED) is 0.179. The van der Waals surface area contributed by atoms with Crippen LogP contribution in [-0.4, -0.2) is 0 Å². The zero-order chi connectivity index (χ0) is 30.0. The summed E-state index contributed by atoms with van der Waals surface area (Å²) in [6.07, 6.45) is 0. The monoisotopic (exact) mass is 565 g/mol. The number of aryl methyl sites for hydroxylation is 1. The van der Waals surface area contributed by atoms with E-state index in [9.17, 15) is 0 Å². The van der Waals surface area contributed by atoms with Gasteiger partial charge >= 0.3 is 0 Å². The highest BCUT2D eigenvalue weighted by molar-refractivity contribution is 6.26. The van der Waals surface area contributed by atoms with E-state index in [1.807, 2.05) is 0 Å². The maximum Gasteiger partial charge on any atom is 0.0506 e. The molecule has 0 N–H and O–H groups in total. The van der Waals surface area contributed by atoms with Gasteiger partial charge in [-0.1, -0.05) is 124 Å². The molecular formula is C43H35N. The van der Waals surface area contributed by atoms with Gasteiger partial charge in [0.05, 0.1) is 11.4 Å². The molecule has 0 unspecified atom stereocenters. The average Bonchev–Trinajstić information content (AvgIpc) is 3.26. The number of rotatable bonds is 1. The second-order valence-corrected chi connectivity index (χ2v) is 13.9. The van der Waals surface area contributed by atoms with Gasteiger partial charge in [0.2, 0.25) is 0 Å². The second kappa shape index (κ2) is 8.61. The second-order valence-electron chi connectivity index (χ2n) is 13.9. The topological polar surface area (TPSA) is 3.24 Å². The molecule has 0 bridgehead atoms. The molecule has 0 spiro atoms. The van der Waals surface area contributed by atoms with E-state index in [0.717, 1.165) is 0 Å². The minimum atomic E-state index is -0.142. The van der Waals surface area contributed by atoms with Crippen LogP contribution in [0, 0.1) is 6.92 Å². The van der Waals surface area contributed by atoms with Crippen molar-refractivity contribution in [2.75, 3.05) is 4.90 Å². The summed E-state index contributed by atoms with van der Waals surface area (Å²) in [5.41, 5.74) is 13.1. The SMILES string of the molecule is Cc1ccc2c3ccc(N4c5ccccc5C(C)(C)c5cc6c(cc54)C(C)(C)c4ccccc4-6)cc3c3ccccc3c2c1. The van der Waals surface area contributed by atoms with Crippen molar-refractivity contribution in [3.63, 3.8) is 0 Å². The van der Waals surface area contributed by atoms with Gasteiger partial charge in [0.1, 0.15) is 0 Å². The molecule has 9 rings (SSSR count). The van der Waals surface area contributed by atoms with E-state index in [1.54, 1.807) is 0 Å². The lowest BCUT2D eigenvalue weighted by atomic mass is 9.71. The number of nitrogens with zero attached hydrogens (tertiary/aromatic N) is 1. The smallest absolute Gasteiger partial charge is 0.0506 e. The van der Waals surface area contributed by atoms with Crippen molar-refractivity contribution in [3.05, 3.63) is 149 Å². The summed E-state index contributed by atoms with van der Waals surface area (Å²) in [5.74, 6) is 0. The van der Waals surface area contributed by atoms with Crippen molar-refractivity contribution in [3.8, 4) is 11.1 Å². The molecule has 7 aromatic carbocycles. The third kappa shape index (κ3) is 3.25. The van der Waals surface area contributed by atoms with Gasteiger partial charge < -0.3 is 4.90 Å². The number of benzene rings is 7. The highest BCUT2D eigenvalue weighted by atomic mass is 15.2. The van der Waals surface area contributed by atoms with Crippen LogP contribution in [-0.2, 0) is 10.8 Å². The normalized spacial score (nSPS) is 15.7. The first kappa shape index (κ1) is 25.6. The van der Waals surface area contributed by atoms with E-state index < -0.39 is 0 Å². The Morgan fingerprint density at radius 2 is 1.00 bits per heavy atom. The Morgan fingerprint density at radius 1 is 0.409 bits per heavy atom. The molecule has 7 aromatic rings. The van der Waals surface area contributed by atoms with Crippen LogP contribution in [0.25, 0.3) is 43.4 Å². The van der Waals surface area contributed by atoms with Crippen LogP contribution in [0.4, 0.5) is 17.1 Å². The molecular weight excluding hydrogens is 530 g/mol. The zero-order valence-electron chi connectivity index (χ0n) is 26.0. The minimum Gasteiger partial charge on any atom is -0.310 e. The van der Waals surface area contributed by atoms with Crippen LogP contribution in [0.3, 0.4) is 0 Å². The molecule has 1 aliphatic carbocycles. The Hall–Kier alpha value is -4.88. The maximum atomic E-state index is 2.53. The van der Waals surface area contributed by atoms with Crippen LogP contribution in [0.1, 0.15) is 55.5 Å². The standard InChI is InChI=1S/C43H35N/c1-26-18-20-30-31-21-19-27(23-34(31)29-13-7-6-12-28(29)33(30)22-26)44-40-17-11-10-16-37(40)43(4,5)39-24-35-32-14-8-9-15-36(32)42(2,3)38(35)25-41(39)44/h6-25H,1-5H3. The fourth-order valence-corrected chi connectivity index (χ4v) is 8.37. The molecule has 1 heterocycles. The Morgan fingerprint density at radius 3 is 1.77 bits per heavy atom. The van der Waals surface area contributed by atoms with E-state index in [1.165, 1.54) is 88.3 Å². The number of hydrogen-bond donors (Lipinski definition) is 0. The molecule has 0 amide bonds. The molecule has 44 heavy (non-hydrogen) atoms. The van der Waals surface area contributed by atoms with Crippen LogP contribution in [0.15, 0.2) is 121 Å². The minimum absolute atomic E-state index is 0.0651. The molecule has 0 fully saturated rings. The van der Waals surface area contributed by atoms with Gasteiger partial charge in [-0.25, -0.2) is 0 Å². The van der Waals surface area contributed by atoms with E-state index in [-0.39, 0.29) is 10.8 Å². The summed E-state index contributed by atoms with van der Waals surface area (Å²) < 4.78 is 0. The van der Waals surface area contributed by atoms with Crippen LogP contribution >= 0.6 is 0 Å². The van der Waals surface area contributed by atoms with Gasteiger partial charge in [-0.3, -0.25) is 0 Å².